The van der Waals surface area contributed by atoms with Gasteiger partial charge >= 0.3 is 0 Å². The zero-order valence-corrected chi connectivity index (χ0v) is 24.7. The van der Waals surface area contributed by atoms with Crippen LogP contribution in [0.2, 0.25) is 0 Å². The van der Waals surface area contributed by atoms with Gasteiger partial charge < -0.3 is 31.0 Å². The van der Waals surface area contributed by atoms with Crippen molar-refractivity contribution in [3.05, 3.63) is 57.6 Å². The molecule has 1 aromatic heterocycles. The molecule has 0 aliphatic heterocycles. The molecule has 2 aromatic carbocycles. The van der Waals surface area contributed by atoms with Gasteiger partial charge in [-0.1, -0.05) is 6.07 Å². The smallest absolute Gasteiger partial charge is 0.273 e. The van der Waals surface area contributed by atoms with Crippen LogP contribution in [0.5, 0.6) is 17.2 Å². The maximum Gasteiger partial charge on any atom is 0.273 e. The maximum atomic E-state index is 14.3. The van der Waals surface area contributed by atoms with Gasteiger partial charge in [0.25, 0.3) is 11.8 Å². The molecule has 1 atom stereocenters. The van der Waals surface area contributed by atoms with E-state index in [-0.39, 0.29) is 16.3 Å². The number of nitrogens with zero attached hydrogens (tertiary/aromatic N) is 2. The number of nitrogens with one attached hydrogen (secondary N) is 1. The molecule has 0 aliphatic carbocycles. The van der Waals surface area contributed by atoms with E-state index in [1.54, 1.807) is 24.3 Å². The van der Waals surface area contributed by atoms with Gasteiger partial charge in [0.05, 0.1) is 27.0 Å². The summed E-state index contributed by atoms with van der Waals surface area (Å²) in [4.78, 5) is 41.5. The first-order chi connectivity index (χ1) is 18.7. The van der Waals surface area contributed by atoms with E-state index in [1.807, 2.05) is 40.7 Å². The Kier molecular flexibility index (Phi) is 8.93. The van der Waals surface area contributed by atoms with Crippen LogP contribution in [-0.2, 0) is 4.79 Å². The molecule has 0 spiro atoms. The first kappa shape index (κ1) is 30.2. The predicted molar refractivity (Wildman–Crippen MR) is 155 cm³/mol. The second-order valence-electron chi connectivity index (χ2n) is 10.2. The monoisotopic (exact) mass is 569 g/mol. The number of aromatic nitrogens is 1. The van der Waals surface area contributed by atoms with Crippen molar-refractivity contribution in [3.63, 3.8) is 0 Å². The molecular weight excluding hydrogens is 534 g/mol. The molecule has 11 nitrogen and oxygen atoms in total. The molecular formula is C28H35N5O6S. The fraction of sp³-hybridized carbons (Fsp3) is 0.357. The zero-order chi connectivity index (χ0) is 29.9. The lowest BCUT2D eigenvalue weighted by atomic mass is 9.98. The van der Waals surface area contributed by atoms with Crippen LogP contribution in [0.4, 0.5) is 11.4 Å². The third kappa shape index (κ3) is 6.12. The second kappa shape index (κ2) is 11.8. The molecule has 0 bridgehead atoms. The molecule has 40 heavy (non-hydrogen) atoms. The van der Waals surface area contributed by atoms with Crippen LogP contribution in [0.25, 0.3) is 0 Å². The topological polar surface area (TPSA) is 159 Å². The van der Waals surface area contributed by atoms with Gasteiger partial charge in [0.1, 0.15) is 10.9 Å². The summed E-state index contributed by atoms with van der Waals surface area (Å²) < 4.78 is 20.6. The summed E-state index contributed by atoms with van der Waals surface area (Å²) in [6.07, 6.45) is 0. The number of ether oxygens (including phenoxy) is 3. The second-order valence-corrected chi connectivity index (χ2v) is 11.0. The zero-order valence-electron chi connectivity index (χ0n) is 23.9. The fourth-order valence-electron chi connectivity index (χ4n) is 4.11. The number of carbonyl (C=O) groups excluding carboxylic acids is 3. The number of rotatable bonds is 9. The van der Waals surface area contributed by atoms with Gasteiger partial charge in [-0.05, 0) is 87.1 Å². The summed E-state index contributed by atoms with van der Waals surface area (Å²) in [5, 5.41) is 2.98. The van der Waals surface area contributed by atoms with Gasteiger partial charge in [-0.15, -0.1) is 0 Å². The Balaban J connectivity index is 2.38. The van der Waals surface area contributed by atoms with Crippen molar-refractivity contribution in [3.8, 4) is 17.2 Å². The van der Waals surface area contributed by atoms with Crippen molar-refractivity contribution in [2.75, 3.05) is 32.0 Å². The number of anilines is 2. The molecule has 3 aromatic rings. The van der Waals surface area contributed by atoms with Crippen LogP contribution in [0.3, 0.4) is 0 Å². The van der Waals surface area contributed by atoms with E-state index in [1.165, 1.54) is 26.2 Å². The van der Waals surface area contributed by atoms with Crippen molar-refractivity contribution in [1.29, 1.82) is 0 Å². The van der Waals surface area contributed by atoms with E-state index in [2.05, 4.69) is 9.69 Å². The Morgan fingerprint density at radius 2 is 1.57 bits per heavy atom. The summed E-state index contributed by atoms with van der Waals surface area (Å²) >= 11 is 0.734. The predicted octanol–water partition coefficient (Wildman–Crippen LogP) is 3.77. The molecule has 0 saturated heterocycles. The Labute approximate surface area is 237 Å². The molecule has 0 radical (unpaired) electrons. The molecule has 12 heteroatoms. The first-order valence-corrected chi connectivity index (χ1v) is 13.1. The number of carbonyl (C=O) groups is 3. The standard InChI is InChI=1S/C28H35N5O6S/c1-14-9-10-17(11-15(14)2)33(27(36)24-20(29)21(25(30)34)32-40-24)22(26(35)31-28(3,4)5)16-12-18(37-6)23(39-8)19(13-16)38-7/h9-13,22H,29H2,1-8H3,(H2,30,34)(H,31,35)/t22-/m0/s1. The highest BCUT2D eigenvalue weighted by atomic mass is 32.1. The third-order valence-corrected chi connectivity index (χ3v) is 7.00. The van der Waals surface area contributed by atoms with Gasteiger partial charge in [-0.3, -0.25) is 19.3 Å². The molecule has 0 aliphatic rings. The van der Waals surface area contributed by atoms with Crippen LogP contribution in [-0.4, -0.2) is 49.0 Å². The molecule has 3 rings (SSSR count). The average molecular weight is 570 g/mol. The lowest BCUT2D eigenvalue weighted by molar-refractivity contribution is -0.123. The number of amides is 3. The van der Waals surface area contributed by atoms with Crippen LogP contribution in [0, 0.1) is 13.8 Å². The van der Waals surface area contributed by atoms with Crippen molar-refractivity contribution in [1.82, 2.24) is 9.69 Å². The van der Waals surface area contributed by atoms with Gasteiger partial charge in [-0.25, -0.2) is 0 Å². The van der Waals surface area contributed by atoms with E-state index in [0.29, 0.717) is 28.5 Å². The third-order valence-electron chi connectivity index (χ3n) is 6.15. The van der Waals surface area contributed by atoms with E-state index >= 15 is 0 Å². The number of hydrogen-bond donors (Lipinski definition) is 3. The highest BCUT2D eigenvalue weighted by Gasteiger charge is 2.38. The molecule has 0 unspecified atom stereocenters. The van der Waals surface area contributed by atoms with Gasteiger partial charge in [-0.2, -0.15) is 4.37 Å². The Morgan fingerprint density at radius 1 is 0.975 bits per heavy atom. The Morgan fingerprint density at radius 3 is 2.02 bits per heavy atom. The average Bonchev–Trinajstić information content (AvgIpc) is 3.28. The van der Waals surface area contributed by atoms with Crippen LogP contribution in [0.1, 0.15) is 63.7 Å². The highest BCUT2D eigenvalue weighted by molar-refractivity contribution is 7.09. The van der Waals surface area contributed by atoms with Crippen LogP contribution < -0.4 is 35.9 Å². The van der Waals surface area contributed by atoms with E-state index in [9.17, 15) is 14.4 Å². The number of primary amides is 1. The molecule has 1 heterocycles. The Bertz CT molecular complexity index is 1420. The Hall–Kier alpha value is -4.32. The molecule has 0 saturated carbocycles. The summed E-state index contributed by atoms with van der Waals surface area (Å²) in [7, 11) is 4.39. The van der Waals surface area contributed by atoms with E-state index in [0.717, 1.165) is 22.7 Å². The van der Waals surface area contributed by atoms with Crippen LogP contribution >= 0.6 is 11.5 Å². The van der Waals surface area contributed by atoms with Crippen molar-refractivity contribution < 1.29 is 28.6 Å². The normalized spacial score (nSPS) is 11.9. The number of nitrogen functional groups attached to an aromatic ring is 1. The minimum atomic E-state index is -1.24. The van der Waals surface area contributed by atoms with Gasteiger partial charge in [0.15, 0.2) is 17.2 Å². The number of benzene rings is 2. The maximum absolute atomic E-state index is 14.3. The minimum absolute atomic E-state index is 0.0342. The minimum Gasteiger partial charge on any atom is -0.493 e. The number of hydrogen-bond acceptors (Lipinski definition) is 9. The summed E-state index contributed by atoms with van der Waals surface area (Å²) in [6, 6.07) is 7.38. The fourth-order valence-corrected chi connectivity index (χ4v) is 4.85. The summed E-state index contributed by atoms with van der Waals surface area (Å²) in [5.41, 5.74) is 13.2. The van der Waals surface area contributed by atoms with E-state index < -0.39 is 29.3 Å². The molecule has 0 fully saturated rings. The lowest BCUT2D eigenvalue weighted by Gasteiger charge is -2.34. The van der Waals surface area contributed by atoms with Gasteiger partial charge in [0, 0.05) is 11.2 Å². The van der Waals surface area contributed by atoms with Gasteiger partial charge in [0.2, 0.25) is 11.7 Å². The summed E-state index contributed by atoms with van der Waals surface area (Å²) in [5.74, 6) is -1.07. The number of aryl methyl sites for hydroxylation is 2. The molecule has 3 amide bonds. The first-order valence-electron chi connectivity index (χ1n) is 12.3. The SMILES string of the molecule is COc1cc([C@@H](C(=O)NC(C)(C)C)N(C(=O)c2snc(C(N)=O)c2N)c2ccc(C)c(C)c2)cc(OC)c1OC. The molecule has 214 valence electrons. The number of methoxy groups -OCH3 is 3. The largest absolute Gasteiger partial charge is 0.493 e. The van der Waals surface area contributed by atoms with Crippen molar-refractivity contribution in [2.24, 2.45) is 5.73 Å². The van der Waals surface area contributed by atoms with Crippen molar-refractivity contribution in [2.45, 2.75) is 46.2 Å². The lowest BCUT2D eigenvalue weighted by Crippen LogP contribution is -2.49. The highest BCUT2D eigenvalue weighted by Crippen LogP contribution is 2.42. The summed E-state index contributed by atoms with van der Waals surface area (Å²) in [6.45, 7) is 9.34. The van der Waals surface area contributed by atoms with Crippen LogP contribution in [0.15, 0.2) is 30.3 Å². The van der Waals surface area contributed by atoms with E-state index in [4.69, 9.17) is 25.7 Å². The quantitative estimate of drug-likeness (QED) is 0.351. The number of nitrogens with two attached hydrogens (primary N) is 2. The molecule has 5 N–H and O–H groups in total. The van der Waals surface area contributed by atoms with Crippen molar-refractivity contribution >= 4 is 40.6 Å².